The minimum Gasteiger partial charge on any atom is -0.369 e. The van der Waals surface area contributed by atoms with Crippen LogP contribution in [0.4, 0.5) is 21.7 Å². The average molecular weight is 533 g/mol. The molecule has 2 aromatic heterocycles. The van der Waals surface area contributed by atoms with Crippen LogP contribution in [0.25, 0.3) is 11.3 Å². The summed E-state index contributed by atoms with van der Waals surface area (Å²) >= 11 is 0. The summed E-state index contributed by atoms with van der Waals surface area (Å²) in [5.74, 6) is -0.177. The standard InChI is InChI=1S/C29H37FN8O/c1-5-6-25(27(31)39)37-17-29(18-37)9-11-36(12-10-29)24-8-7-22(13-23(24)30)34-28-32-14-20(4)26(35-28)21-15-33-38(16-21)19(2)3/h5,7-8,13-16,19,25H,1,6,9-12,17-18H2,2-4H3,(H2,31,39)(H,32,34,35). The van der Waals surface area contributed by atoms with Gasteiger partial charge in [-0.3, -0.25) is 14.4 Å². The summed E-state index contributed by atoms with van der Waals surface area (Å²) in [6, 6.07) is 5.15. The monoisotopic (exact) mass is 532 g/mol. The number of hydrogen-bond acceptors (Lipinski definition) is 7. The van der Waals surface area contributed by atoms with E-state index >= 15 is 4.39 Å². The minimum absolute atomic E-state index is 0.176. The summed E-state index contributed by atoms with van der Waals surface area (Å²) in [6.45, 7) is 13.1. The van der Waals surface area contributed by atoms with Gasteiger partial charge in [0.15, 0.2) is 0 Å². The van der Waals surface area contributed by atoms with E-state index in [9.17, 15) is 4.79 Å². The summed E-state index contributed by atoms with van der Waals surface area (Å²) in [6.07, 6.45) is 9.76. The number of halogens is 1. The van der Waals surface area contributed by atoms with Gasteiger partial charge in [0.2, 0.25) is 11.9 Å². The maximum Gasteiger partial charge on any atom is 0.235 e. The highest BCUT2D eigenvalue weighted by atomic mass is 19.1. The Morgan fingerprint density at radius 3 is 2.62 bits per heavy atom. The number of piperidine rings is 1. The fraction of sp³-hybridized carbons (Fsp3) is 0.448. The smallest absolute Gasteiger partial charge is 0.235 e. The quantitative estimate of drug-likeness (QED) is 0.393. The van der Waals surface area contributed by atoms with Crippen LogP contribution in [0.1, 0.15) is 44.7 Å². The Kier molecular flexibility index (Phi) is 7.40. The zero-order valence-corrected chi connectivity index (χ0v) is 22.9. The first kappa shape index (κ1) is 26.8. The van der Waals surface area contributed by atoms with Gasteiger partial charge < -0.3 is 16.0 Å². The Labute approximate surface area is 228 Å². The Hall–Kier alpha value is -3.79. The number of amides is 1. The lowest BCUT2D eigenvalue weighted by Crippen LogP contribution is -2.65. The Morgan fingerprint density at radius 1 is 1.26 bits per heavy atom. The Morgan fingerprint density at radius 2 is 2.00 bits per heavy atom. The summed E-state index contributed by atoms with van der Waals surface area (Å²) < 4.78 is 17.1. The second-order valence-electron chi connectivity index (χ2n) is 11.2. The number of rotatable bonds is 9. The predicted octanol–water partition coefficient (Wildman–Crippen LogP) is 4.44. The molecule has 9 nitrogen and oxygen atoms in total. The normalized spacial score (nSPS) is 17.7. The van der Waals surface area contributed by atoms with Crippen LogP contribution in [0, 0.1) is 18.2 Å². The van der Waals surface area contributed by atoms with Gasteiger partial charge in [0.05, 0.1) is 23.6 Å². The number of nitrogens with one attached hydrogen (secondary N) is 1. The van der Waals surface area contributed by atoms with Crippen molar-refractivity contribution in [3.8, 4) is 11.3 Å². The van der Waals surface area contributed by atoms with Gasteiger partial charge in [-0.25, -0.2) is 14.4 Å². The first-order valence-corrected chi connectivity index (χ1v) is 13.5. The van der Waals surface area contributed by atoms with Gasteiger partial charge in [-0.1, -0.05) is 6.08 Å². The fourth-order valence-electron chi connectivity index (χ4n) is 5.68. The molecule has 0 aliphatic carbocycles. The molecule has 2 aliphatic rings. The summed E-state index contributed by atoms with van der Waals surface area (Å²) in [7, 11) is 0. The van der Waals surface area contributed by atoms with Gasteiger partial charge in [-0.15, -0.1) is 6.58 Å². The third-order valence-corrected chi connectivity index (χ3v) is 7.98. The van der Waals surface area contributed by atoms with Crippen LogP contribution in [-0.2, 0) is 4.79 Å². The number of carbonyl (C=O) groups is 1. The maximum atomic E-state index is 15.3. The maximum absolute atomic E-state index is 15.3. The van der Waals surface area contributed by atoms with E-state index < -0.39 is 0 Å². The zero-order chi connectivity index (χ0) is 27.7. The number of benzene rings is 1. The molecule has 2 saturated heterocycles. The molecule has 0 bridgehead atoms. The highest BCUT2D eigenvalue weighted by Gasteiger charge is 2.47. The summed E-state index contributed by atoms with van der Waals surface area (Å²) in [5, 5.41) is 7.56. The molecule has 3 aromatic rings. The van der Waals surface area contributed by atoms with Crippen LogP contribution < -0.4 is 16.0 Å². The molecular weight excluding hydrogens is 495 g/mol. The molecule has 2 fully saturated rings. The van der Waals surface area contributed by atoms with Gasteiger partial charge in [0.1, 0.15) is 5.82 Å². The molecule has 1 spiro atoms. The van der Waals surface area contributed by atoms with Crippen LogP contribution >= 0.6 is 0 Å². The fourth-order valence-corrected chi connectivity index (χ4v) is 5.68. The number of nitrogens with two attached hydrogens (primary N) is 1. The molecule has 5 rings (SSSR count). The van der Waals surface area contributed by atoms with Crippen LogP contribution in [0.2, 0.25) is 0 Å². The number of anilines is 3. The number of likely N-dealkylation sites (tertiary alicyclic amines) is 1. The second kappa shape index (κ2) is 10.8. The highest BCUT2D eigenvalue weighted by Crippen LogP contribution is 2.43. The molecule has 0 saturated carbocycles. The molecule has 2 aliphatic heterocycles. The van der Waals surface area contributed by atoms with Crippen molar-refractivity contribution in [3.63, 3.8) is 0 Å². The first-order valence-electron chi connectivity index (χ1n) is 13.5. The third-order valence-electron chi connectivity index (χ3n) is 7.98. The number of carbonyl (C=O) groups excluding carboxylic acids is 1. The van der Waals surface area contributed by atoms with Gasteiger partial charge in [-0.2, -0.15) is 5.10 Å². The number of hydrogen-bond donors (Lipinski definition) is 2. The first-order chi connectivity index (χ1) is 18.7. The van der Waals surface area contributed by atoms with Crippen molar-refractivity contribution in [1.82, 2.24) is 24.6 Å². The van der Waals surface area contributed by atoms with Gasteiger partial charge in [0.25, 0.3) is 0 Å². The van der Waals surface area contributed by atoms with E-state index in [0.29, 0.717) is 23.7 Å². The van der Waals surface area contributed by atoms with Crippen molar-refractivity contribution < 1.29 is 9.18 Å². The van der Waals surface area contributed by atoms with E-state index in [1.165, 1.54) is 6.07 Å². The third kappa shape index (κ3) is 5.52. The molecule has 1 unspecified atom stereocenters. The van der Waals surface area contributed by atoms with Crippen LogP contribution in [-0.4, -0.2) is 62.8 Å². The number of aromatic nitrogens is 4. The number of aryl methyl sites for hydroxylation is 1. The molecular formula is C29H37FN8O. The molecule has 0 radical (unpaired) electrons. The minimum atomic E-state index is -0.299. The summed E-state index contributed by atoms with van der Waals surface area (Å²) in [4.78, 5) is 25.1. The van der Waals surface area contributed by atoms with Gasteiger partial charge in [-0.05, 0) is 69.2 Å². The van der Waals surface area contributed by atoms with Crippen molar-refractivity contribution in [2.24, 2.45) is 11.1 Å². The lowest BCUT2D eigenvalue weighted by atomic mass is 9.71. The predicted molar refractivity (Wildman–Crippen MR) is 151 cm³/mol. The van der Waals surface area contributed by atoms with Crippen LogP contribution in [0.5, 0.6) is 0 Å². The zero-order valence-electron chi connectivity index (χ0n) is 22.9. The highest BCUT2D eigenvalue weighted by molar-refractivity contribution is 5.80. The van der Waals surface area contributed by atoms with Gasteiger partial charge in [0, 0.05) is 55.9 Å². The van der Waals surface area contributed by atoms with Gasteiger partial charge >= 0.3 is 0 Å². The van der Waals surface area contributed by atoms with Crippen molar-refractivity contribution in [2.75, 3.05) is 36.4 Å². The SMILES string of the molecule is C=CCC(C(N)=O)N1CC2(CCN(c3ccc(Nc4ncc(C)c(-c5cnn(C(C)C)c5)n4)cc3F)CC2)C1. The topological polar surface area (TPSA) is 105 Å². The van der Waals surface area contributed by atoms with Crippen LogP contribution in [0.15, 0.2) is 49.4 Å². The van der Waals surface area contributed by atoms with Crippen molar-refractivity contribution >= 4 is 23.2 Å². The van der Waals surface area contributed by atoms with E-state index in [2.05, 4.69) is 50.6 Å². The van der Waals surface area contributed by atoms with E-state index in [1.807, 2.05) is 29.9 Å². The average Bonchev–Trinajstić information content (AvgIpc) is 3.38. The van der Waals surface area contributed by atoms with E-state index in [4.69, 9.17) is 5.73 Å². The molecule has 10 heteroatoms. The number of primary amides is 1. The molecule has 206 valence electrons. The molecule has 4 heterocycles. The second-order valence-corrected chi connectivity index (χ2v) is 11.2. The summed E-state index contributed by atoms with van der Waals surface area (Å²) in [5.41, 5.74) is 9.59. The largest absolute Gasteiger partial charge is 0.369 e. The Bertz CT molecular complexity index is 1350. The van der Waals surface area contributed by atoms with Crippen molar-refractivity contribution in [3.05, 3.63) is 60.8 Å². The van der Waals surface area contributed by atoms with E-state index in [0.717, 1.165) is 55.8 Å². The van der Waals surface area contributed by atoms with Crippen molar-refractivity contribution in [1.29, 1.82) is 0 Å². The Balaban J connectivity index is 1.22. The molecule has 39 heavy (non-hydrogen) atoms. The molecule has 1 amide bonds. The van der Waals surface area contributed by atoms with Crippen molar-refractivity contribution in [2.45, 2.75) is 52.1 Å². The number of nitrogens with zero attached hydrogens (tertiary/aromatic N) is 6. The lowest BCUT2D eigenvalue weighted by Gasteiger charge is -2.56. The molecule has 1 atom stereocenters. The van der Waals surface area contributed by atoms with E-state index in [1.54, 1.807) is 18.5 Å². The van der Waals surface area contributed by atoms with E-state index in [-0.39, 0.29) is 29.2 Å². The lowest BCUT2D eigenvalue weighted by molar-refractivity contribution is -0.130. The molecule has 3 N–H and O–H groups in total. The van der Waals surface area contributed by atoms with Crippen LogP contribution in [0.3, 0.4) is 0 Å². The molecule has 1 aromatic carbocycles.